The second-order valence-corrected chi connectivity index (χ2v) is 8.34. The van der Waals surface area contributed by atoms with Crippen molar-refractivity contribution in [3.63, 3.8) is 0 Å². The molecule has 1 saturated carbocycles. The molecule has 1 aromatic heterocycles. The molecule has 0 bridgehead atoms. The molecule has 1 aliphatic heterocycles. The van der Waals surface area contributed by atoms with E-state index in [-0.39, 0.29) is 0 Å². The molecule has 1 N–H and O–H groups in total. The first-order valence-corrected chi connectivity index (χ1v) is 9.94. The summed E-state index contributed by atoms with van der Waals surface area (Å²) in [6.45, 7) is 6.94. The Morgan fingerprint density at radius 2 is 2.04 bits per heavy atom. The van der Waals surface area contributed by atoms with Crippen LogP contribution in [0.4, 0.5) is 0 Å². The number of likely N-dealkylation sites (tertiary alicyclic amines) is 1. The molecular formula is C21H30N4O. The van der Waals surface area contributed by atoms with Crippen LogP contribution in [0.15, 0.2) is 12.1 Å². The van der Waals surface area contributed by atoms with Gasteiger partial charge in [-0.25, -0.2) is 4.98 Å². The van der Waals surface area contributed by atoms with E-state index < -0.39 is 0 Å². The van der Waals surface area contributed by atoms with Crippen molar-refractivity contribution in [1.29, 1.82) is 0 Å². The summed E-state index contributed by atoms with van der Waals surface area (Å²) in [5, 5.41) is 0. The van der Waals surface area contributed by atoms with Gasteiger partial charge in [0.15, 0.2) is 0 Å². The van der Waals surface area contributed by atoms with Crippen LogP contribution in [-0.4, -0.2) is 51.9 Å². The zero-order chi connectivity index (χ0) is 18.3. The average molecular weight is 354 g/mol. The number of aryl methyl sites for hydroxylation is 2. The van der Waals surface area contributed by atoms with Gasteiger partial charge in [0.2, 0.25) is 5.91 Å². The number of carbonyl (C=O) groups excluding carboxylic acids is 1. The number of hydrogen-bond donors (Lipinski definition) is 1. The molecule has 5 nitrogen and oxygen atoms in total. The Morgan fingerprint density at radius 3 is 2.81 bits per heavy atom. The van der Waals surface area contributed by atoms with Gasteiger partial charge in [0.05, 0.1) is 17.6 Å². The maximum atomic E-state index is 12.4. The molecule has 26 heavy (non-hydrogen) atoms. The average Bonchev–Trinajstić information content (AvgIpc) is 3.31. The number of fused-ring (bicyclic) bond motifs is 1. The Morgan fingerprint density at radius 1 is 1.27 bits per heavy atom. The number of aromatic nitrogens is 2. The largest absolute Gasteiger partial charge is 0.341 e. The highest BCUT2D eigenvalue weighted by Crippen LogP contribution is 2.29. The fourth-order valence-electron chi connectivity index (χ4n) is 4.70. The lowest BCUT2D eigenvalue weighted by Gasteiger charge is -2.25. The number of hydrogen-bond acceptors (Lipinski definition) is 3. The third-order valence-electron chi connectivity index (χ3n) is 6.22. The van der Waals surface area contributed by atoms with E-state index in [1.165, 1.54) is 36.8 Å². The van der Waals surface area contributed by atoms with Gasteiger partial charge in [-0.3, -0.25) is 9.69 Å². The predicted molar refractivity (Wildman–Crippen MR) is 104 cm³/mol. The topological polar surface area (TPSA) is 52.2 Å². The molecular weight excluding hydrogens is 324 g/mol. The quantitative estimate of drug-likeness (QED) is 0.895. The van der Waals surface area contributed by atoms with Gasteiger partial charge in [-0.1, -0.05) is 18.9 Å². The number of amides is 1. The summed E-state index contributed by atoms with van der Waals surface area (Å²) in [6.07, 6.45) is 5.67. The van der Waals surface area contributed by atoms with Crippen molar-refractivity contribution in [2.24, 2.45) is 5.92 Å². The van der Waals surface area contributed by atoms with E-state index in [2.05, 4.69) is 47.8 Å². The molecule has 1 unspecified atom stereocenters. The third-order valence-corrected chi connectivity index (χ3v) is 6.22. The lowest BCUT2D eigenvalue weighted by atomic mass is 10.1. The van der Waals surface area contributed by atoms with Crippen LogP contribution < -0.4 is 0 Å². The van der Waals surface area contributed by atoms with E-state index >= 15 is 0 Å². The third kappa shape index (κ3) is 3.37. The van der Waals surface area contributed by atoms with Crippen LogP contribution >= 0.6 is 0 Å². The lowest BCUT2D eigenvalue weighted by Crippen LogP contribution is -2.35. The Hall–Kier alpha value is -1.88. The van der Waals surface area contributed by atoms with Crippen molar-refractivity contribution in [2.75, 3.05) is 20.1 Å². The summed E-state index contributed by atoms with van der Waals surface area (Å²) in [7, 11) is 2.13. The van der Waals surface area contributed by atoms with Crippen molar-refractivity contribution in [3.8, 4) is 0 Å². The molecule has 1 amide bonds. The molecule has 140 valence electrons. The fraction of sp³-hybridized carbons (Fsp3) is 0.619. The minimum Gasteiger partial charge on any atom is -0.341 e. The number of nitrogens with zero attached hydrogens (tertiary/aromatic N) is 3. The number of aromatic amines is 1. The maximum Gasteiger partial charge on any atom is 0.223 e. The molecule has 2 heterocycles. The molecule has 1 aromatic carbocycles. The van der Waals surface area contributed by atoms with Crippen LogP contribution in [0.1, 0.15) is 49.1 Å². The number of rotatable bonds is 5. The Labute approximate surface area is 155 Å². The van der Waals surface area contributed by atoms with Crippen LogP contribution in [0.2, 0.25) is 0 Å². The van der Waals surface area contributed by atoms with Crippen LogP contribution in [0.5, 0.6) is 0 Å². The first kappa shape index (κ1) is 17.5. The van der Waals surface area contributed by atoms with E-state index in [1.54, 1.807) is 0 Å². The van der Waals surface area contributed by atoms with E-state index in [0.717, 1.165) is 36.5 Å². The fourth-order valence-corrected chi connectivity index (χ4v) is 4.70. The highest BCUT2D eigenvalue weighted by molar-refractivity contribution is 5.80. The van der Waals surface area contributed by atoms with Crippen LogP contribution in [-0.2, 0) is 11.3 Å². The summed E-state index contributed by atoms with van der Waals surface area (Å²) >= 11 is 0. The zero-order valence-corrected chi connectivity index (χ0v) is 16.2. The van der Waals surface area contributed by atoms with Gasteiger partial charge in [0.25, 0.3) is 0 Å². The van der Waals surface area contributed by atoms with Gasteiger partial charge in [-0.2, -0.15) is 0 Å². The van der Waals surface area contributed by atoms with E-state index in [4.69, 9.17) is 4.98 Å². The number of H-pyrrole nitrogens is 1. The molecule has 1 aliphatic carbocycles. The van der Waals surface area contributed by atoms with Crippen LogP contribution in [0.25, 0.3) is 11.0 Å². The van der Waals surface area contributed by atoms with Crippen molar-refractivity contribution in [1.82, 2.24) is 19.8 Å². The van der Waals surface area contributed by atoms with Crippen molar-refractivity contribution >= 4 is 16.9 Å². The first-order chi connectivity index (χ1) is 12.5. The van der Waals surface area contributed by atoms with Crippen LogP contribution in [0.3, 0.4) is 0 Å². The second kappa shape index (κ2) is 7.03. The first-order valence-electron chi connectivity index (χ1n) is 9.94. The smallest absolute Gasteiger partial charge is 0.223 e. The second-order valence-electron chi connectivity index (χ2n) is 8.34. The molecule has 2 aliphatic rings. The van der Waals surface area contributed by atoms with Gasteiger partial charge in [-0.05, 0) is 56.8 Å². The van der Waals surface area contributed by atoms with E-state index in [9.17, 15) is 4.79 Å². The van der Waals surface area contributed by atoms with E-state index in [0.29, 0.717) is 24.3 Å². The molecule has 1 saturated heterocycles. The minimum absolute atomic E-state index is 0.366. The number of imidazole rings is 1. The maximum absolute atomic E-state index is 12.4. The summed E-state index contributed by atoms with van der Waals surface area (Å²) in [4.78, 5) is 25.1. The van der Waals surface area contributed by atoms with Gasteiger partial charge < -0.3 is 9.88 Å². The van der Waals surface area contributed by atoms with Gasteiger partial charge in [0, 0.05) is 25.6 Å². The number of nitrogens with one attached hydrogen (secondary N) is 1. The SMILES string of the molecule is Cc1ccc2[nH]c(CN(C)CC3CC(=O)N(C4CCCC4)C3)nc2c1C. The molecule has 0 radical (unpaired) electrons. The molecule has 5 heteroatoms. The van der Waals surface area contributed by atoms with Crippen LogP contribution in [0, 0.1) is 19.8 Å². The van der Waals surface area contributed by atoms with Gasteiger partial charge >= 0.3 is 0 Å². The summed E-state index contributed by atoms with van der Waals surface area (Å²) in [5.41, 5.74) is 4.72. The van der Waals surface area contributed by atoms with Crippen molar-refractivity contribution < 1.29 is 4.79 Å². The Balaban J connectivity index is 1.37. The Kier molecular flexibility index (Phi) is 4.74. The van der Waals surface area contributed by atoms with Crippen molar-refractivity contribution in [2.45, 2.75) is 58.5 Å². The lowest BCUT2D eigenvalue weighted by molar-refractivity contribution is -0.129. The standard InChI is InChI=1S/C21H30N4O/c1-14-8-9-18-21(15(14)2)23-19(22-18)13-24(3)11-16-10-20(26)25(12-16)17-6-4-5-7-17/h8-9,16-17H,4-7,10-13H2,1-3H3,(H,22,23). The zero-order valence-electron chi connectivity index (χ0n) is 16.2. The summed E-state index contributed by atoms with van der Waals surface area (Å²) < 4.78 is 0. The highest BCUT2D eigenvalue weighted by Gasteiger charge is 2.35. The summed E-state index contributed by atoms with van der Waals surface area (Å²) in [5.74, 6) is 1.82. The Bertz CT molecular complexity index is 806. The molecule has 0 spiro atoms. The van der Waals surface area contributed by atoms with Crippen molar-refractivity contribution in [3.05, 3.63) is 29.1 Å². The molecule has 4 rings (SSSR count). The monoisotopic (exact) mass is 354 g/mol. The predicted octanol–water partition coefficient (Wildman–Crippen LogP) is 3.40. The molecule has 2 fully saturated rings. The van der Waals surface area contributed by atoms with Gasteiger partial charge in [-0.15, -0.1) is 0 Å². The summed E-state index contributed by atoms with van der Waals surface area (Å²) in [6, 6.07) is 4.77. The number of carbonyl (C=O) groups is 1. The van der Waals surface area contributed by atoms with Gasteiger partial charge in [0.1, 0.15) is 5.82 Å². The normalized spacial score (nSPS) is 21.6. The molecule has 1 atom stereocenters. The molecule has 2 aromatic rings. The van der Waals surface area contributed by atoms with E-state index in [1.807, 2.05) is 0 Å². The minimum atomic E-state index is 0.366. The highest BCUT2D eigenvalue weighted by atomic mass is 16.2. The number of benzene rings is 1.